The van der Waals surface area contributed by atoms with Gasteiger partial charge in [-0.25, -0.2) is 8.42 Å². The van der Waals surface area contributed by atoms with Gasteiger partial charge in [-0.15, -0.1) is 0 Å². The number of rotatable bonds is 3. The molecule has 1 atom stereocenters. The maximum absolute atomic E-state index is 12.3. The number of sulfone groups is 1. The highest BCUT2D eigenvalue weighted by molar-refractivity contribution is 7.91. The lowest BCUT2D eigenvalue weighted by Crippen LogP contribution is -2.37. The van der Waals surface area contributed by atoms with Gasteiger partial charge in [-0.05, 0) is 24.1 Å². The van der Waals surface area contributed by atoms with E-state index in [1.165, 1.54) is 12.0 Å². The maximum atomic E-state index is 12.3. The molecule has 6 nitrogen and oxygen atoms in total. The van der Waals surface area contributed by atoms with E-state index in [1.807, 2.05) is 0 Å². The van der Waals surface area contributed by atoms with Crippen LogP contribution in [-0.4, -0.2) is 56.0 Å². The first-order valence-electron chi connectivity index (χ1n) is 6.74. The van der Waals surface area contributed by atoms with Crippen LogP contribution >= 0.6 is 0 Å². The highest BCUT2D eigenvalue weighted by Gasteiger charge is 2.27. The maximum Gasteiger partial charge on any atom is 0.256 e. The van der Waals surface area contributed by atoms with E-state index in [-0.39, 0.29) is 18.1 Å². The summed E-state index contributed by atoms with van der Waals surface area (Å²) in [6, 6.07) is 6.65. The van der Waals surface area contributed by atoms with E-state index < -0.39 is 21.8 Å². The summed E-state index contributed by atoms with van der Waals surface area (Å²) in [5.41, 5.74) is 0.437. The summed E-state index contributed by atoms with van der Waals surface area (Å²) in [5, 5.41) is 10.2. The number of ether oxygens (including phenoxy) is 1. The van der Waals surface area contributed by atoms with E-state index in [2.05, 4.69) is 0 Å². The first-order chi connectivity index (χ1) is 9.93. The summed E-state index contributed by atoms with van der Waals surface area (Å²) in [5.74, 6) is 0.119. The molecule has 1 unspecified atom stereocenters. The number of nitrogens with zero attached hydrogens (tertiary/aromatic N) is 1. The lowest BCUT2D eigenvalue weighted by molar-refractivity contribution is -0.140. The Morgan fingerprint density at radius 2 is 2.10 bits per heavy atom. The Hall–Kier alpha value is -1.60. The van der Waals surface area contributed by atoms with Crippen molar-refractivity contribution in [3.63, 3.8) is 0 Å². The predicted octanol–water partition coefficient (Wildman–Crippen LogP) is 0.376. The number of methoxy groups -OCH3 is 1. The standard InChI is InChI=1S/C14H19NO5S/c1-20-12-5-2-4-11(10-12)13(16)14(17)15-6-3-8-21(18,19)9-7-15/h2,4-5,10,13,16H,3,6-9H2,1H3. The minimum absolute atomic E-state index is 0.0520. The summed E-state index contributed by atoms with van der Waals surface area (Å²) in [6.45, 7) is 0.473. The number of carbonyl (C=O) groups is 1. The van der Waals surface area contributed by atoms with Gasteiger partial charge in [0.05, 0.1) is 18.6 Å². The summed E-state index contributed by atoms with van der Waals surface area (Å²) in [6.07, 6.45) is -0.903. The molecule has 1 aliphatic heterocycles. The molecule has 1 heterocycles. The summed E-state index contributed by atoms with van der Waals surface area (Å²) in [7, 11) is -1.58. The minimum atomic E-state index is -3.08. The van der Waals surface area contributed by atoms with Crippen molar-refractivity contribution in [2.45, 2.75) is 12.5 Å². The fraction of sp³-hybridized carbons (Fsp3) is 0.500. The second kappa shape index (κ2) is 6.44. The Balaban J connectivity index is 2.11. The average Bonchev–Trinajstić information content (AvgIpc) is 2.66. The van der Waals surface area contributed by atoms with Gasteiger partial charge in [0.1, 0.15) is 5.75 Å². The molecule has 1 saturated heterocycles. The van der Waals surface area contributed by atoms with Crippen molar-refractivity contribution >= 4 is 15.7 Å². The number of hydrogen-bond acceptors (Lipinski definition) is 5. The quantitative estimate of drug-likeness (QED) is 0.872. The topological polar surface area (TPSA) is 83.9 Å². The Morgan fingerprint density at radius 3 is 2.81 bits per heavy atom. The number of benzene rings is 1. The van der Waals surface area contributed by atoms with Crippen molar-refractivity contribution < 1.29 is 23.1 Å². The minimum Gasteiger partial charge on any atom is -0.497 e. The van der Waals surface area contributed by atoms with Gasteiger partial charge >= 0.3 is 0 Å². The molecule has 0 saturated carbocycles. The molecular weight excluding hydrogens is 294 g/mol. The molecule has 1 aliphatic rings. The van der Waals surface area contributed by atoms with Crippen molar-refractivity contribution in [1.29, 1.82) is 0 Å². The molecule has 1 fully saturated rings. The van der Waals surface area contributed by atoms with Crippen molar-refractivity contribution in [2.75, 3.05) is 31.7 Å². The number of carbonyl (C=O) groups excluding carboxylic acids is 1. The number of aliphatic hydroxyl groups excluding tert-OH is 1. The third kappa shape index (κ3) is 3.95. The Morgan fingerprint density at radius 1 is 1.33 bits per heavy atom. The van der Waals surface area contributed by atoms with Crippen LogP contribution in [0.1, 0.15) is 18.1 Å². The zero-order valence-corrected chi connectivity index (χ0v) is 12.7. The van der Waals surface area contributed by atoms with Gasteiger partial charge in [0.25, 0.3) is 5.91 Å². The van der Waals surface area contributed by atoms with Crippen molar-refractivity contribution in [1.82, 2.24) is 4.90 Å². The number of aliphatic hydroxyl groups is 1. The van der Waals surface area contributed by atoms with E-state index in [0.29, 0.717) is 24.3 Å². The molecule has 0 aromatic heterocycles. The zero-order chi connectivity index (χ0) is 15.5. The summed E-state index contributed by atoms with van der Waals surface area (Å²) < 4.78 is 28.2. The van der Waals surface area contributed by atoms with Crippen LogP contribution in [0.25, 0.3) is 0 Å². The smallest absolute Gasteiger partial charge is 0.256 e. The molecular formula is C14H19NO5S. The van der Waals surface area contributed by atoms with Gasteiger partial charge in [0.15, 0.2) is 15.9 Å². The van der Waals surface area contributed by atoms with Crippen LogP contribution in [0.5, 0.6) is 5.75 Å². The van der Waals surface area contributed by atoms with Gasteiger partial charge in [0.2, 0.25) is 0 Å². The van der Waals surface area contributed by atoms with Crippen LogP contribution < -0.4 is 4.74 Å². The van der Waals surface area contributed by atoms with Crippen LogP contribution in [0.4, 0.5) is 0 Å². The molecule has 116 valence electrons. The highest BCUT2D eigenvalue weighted by atomic mass is 32.2. The van der Waals surface area contributed by atoms with Crippen molar-refractivity contribution in [3.8, 4) is 5.75 Å². The molecule has 0 spiro atoms. The molecule has 0 bridgehead atoms. The van der Waals surface area contributed by atoms with Crippen LogP contribution in [0, 0.1) is 0 Å². The van der Waals surface area contributed by atoms with Crippen molar-refractivity contribution in [2.24, 2.45) is 0 Å². The molecule has 1 aromatic rings. The van der Waals surface area contributed by atoms with Crippen LogP contribution in [0.3, 0.4) is 0 Å². The Kier molecular flexibility index (Phi) is 4.84. The second-order valence-corrected chi connectivity index (χ2v) is 7.31. The molecule has 0 aliphatic carbocycles. The molecule has 1 amide bonds. The molecule has 2 rings (SSSR count). The zero-order valence-electron chi connectivity index (χ0n) is 11.9. The third-order valence-corrected chi connectivity index (χ3v) is 5.23. The van der Waals surface area contributed by atoms with Crippen LogP contribution in [0.15, 0.2) is 24.3 Å². The van der Waals surface area contributed by atoms with Crippen LogP contribution in [-0.2, 0) is 14.6 Å². The van der Waals surface area contributed by atoms with E-state index in [4.69, 9.17) is 4.74 Å². The Bertz CT molecular complexity index is 614. The third-order valence-electron chi connectivity index (χ3n) is 3.51. The van der Waals surface area contributed by atoms with E-state index in [9.17, 15) is 18.3 Å². The second-order valence-electron chi connectivity index (χ2n) is 5.01. The molecule has 7 heteroatoms. The normalized spacial score (nSPS) is 19.6. The molecule has 1 N–H and O–H groups in total. The van der Waals surface area contributed by atoms with Gasteiger partial charge in [-0.3, -0.25) is 4.79 Å². The average molecular weight is 313 g/mol. The lowest BCUT2D eigenvalue weighted by Gasteiger charge is -2.23. The van der Waals surface area contributed by atoms with Gasteiger partial charge in [0, 0.05) is 13.1 Å². The van der Waals surface area contributed by atoms with E-state index in [1.54, 1.807) is 24.3 Å². The lowest BCUT2D eigenvalue weighted by atomic mass is 10.1. The van der Waals surface area contributed by atoms with Gasteiger partial charge < -0.3 is 14.7 Å². The summed E-state index contributed by atoms with van der Waals surface area (Å²) >= 11 is 0. The molecule has 1 aromatic carbocycles. The SMILES string of the molecule is COc1cccc(C(O)C(=O)N2CCCS(=O)(=O)CC2)c1. The van der Waals surface area contributed by atoms with Gasteiger partial charge in [-0.1, -0.05) is 12.1 Å². The predicted molar refractivity (Wildman–Crippen MR) is 77.8 cm³/mol. The fourth-order valence-corrected chi connectivity index (χ4v) is 3.56. The molecule has 21 heavy (non-hydrogen) atoms. The van der Waals surface area contributed by atoms with E-state index >= 15 is 0 Å². The van der Waals surface area contributed by atoms with Gasteiger partial charge in [-0.2, -0.15) is 0 Å². The van der Waals surface area contributed by atoms with E-state index in [0.717, 1.165) is 0 Å². The fourth-order valence-electron chi connectivity index (χ4n) is 2.29. The first-order valence-corrected chi connectivity index (χ1v) is 8.56. The first kappa shape index (κ1) is 15.8. The Labute approximate surface area is 124 Å². The van der Waals surface area contributed by atoms with Crippen molar-refractivity contribution in [3.05, 3.63) is 29.8 Å². The largest absolute Gasteiger partial charge is 0.497 e. The number of amides is 1. The van der Waals surface area contributed by atoms with Crippen LogP contribution in [0.2, 0.25) is 0 Å². The number of hydrogen-bond donors (Lipinski definition) is 1. The summed E-state index contributed by atoms with van der Waals surface area (Å²) in [4.78, 5) is 13.7. The molecule has 0 radical (unpaired) electrons. The highest BCUT2D eigenvalue weighted by Crippen LogP contribution is 2.21. The monoisotopic (exact) mass is 313 g/mol.